The molecule has 0 saturated carbocycles. The first-order valence-corrected chi connectivity index (χ1v) is 9.46. The molecule has 0 amide bonds. The molecule has 0 unspecified atom stereocenters. The maximum Gasteiger partial charge on any atom is 0.193 e. The first-order chi connectivity index (χ1) is 13.6. The second-order valence-corrected chi connectivity index (χ2v) is 7.06. The van der Waals surface area contributed by atoms with Gasteiger partial charge in [-0.25, -0.2) is 4.99 Å². The fourth-order valence-corrected chi connectivity index (χ4v) is 3.58. The first-order valence-electron chi connectivity index (χ1n) is 8.65. The molecule has 2 aromatic carbocycles. The van der Waals surface area contributed by atoms with Crippen molar-refractivity contribution in [3.8, 4) is 27.7 Å². The van der Waals surface area contributed by atoms with Crippen LogP contribution in [0.4, 0.5) is 5.69 Å². The van der Waals surface area contributed by atoms with Gasteiger partial charge in [-0.3, -0.25) is 0 Å². The zero-order chi connectivity index (χ0) is 19.9. The highest BCUT2D eigenvalue weighted by Gasteiger charge is 2.06. The third kappa shape index (κ3) is 6.01. The molecular weight excluding hydrogens is 501 g/mol. The van der Waals surface area contributed by atoms with Gasteiger partial charge in [0.2, 0.25) is 0 Å². The average Bonchev–Trinajstić information content (AvgIpc) is 3.21. The quantitative estimate of drug-likeness (QED) is 0.258. The zero-order valence-corrected chi connectivity index (χ0v) is 19.6. The van der Waals surface area contributed by atoms with Crippen LogP contribution in [-0.2, 0) is 6.54 Å². The third-order valence-corrected chi connectivity index (χ3v) is 5.22. The molecule has 0 spiro atoms. The fourth-order valence-electron chi connectivity index (χ4n) is 2.64. The number of nitrogens with two attached hydrogens (primary N) is 1. The molecule has 6 nitrogen and oxygen atoms in total. The summed E-state index contributed by atoms with van der Waals surface area (Å²) in [6.07, 6.45) is 0. The molecule has 3 aromatic rings. The summed E-state index contributed by atoms with van der Waals surface area (Å²) in [6.45, 7) is 0.507. The fraction of sp³-hybridized carbons (Fsp3) is 0.190. The Balaban J connectivity index is 0.00000300. The van der Waals surface area contributed by atoms with E-state index in [1.54, 1.807) is 32.7 Å². The largest absolute Gasteiger partial charge is 0.497 e. The Morgan fingerprint density at radius 3 is 2.31 bits per heavy atom. The van der Waals surface area contributed by atoms with E-state index in [9.17, 15) is 0 Å². The zero-order valence-electron chi connectivity index (χ0n) is 16.5. The van der Waals surface area contributed by atoms with Crippen LogP contribution in [-0.4, -0.2) is 27.3 Å². The average molecular weight is 525 g/mol. The van der Waals surface area contributed by atoms with Crippen LogP contribution in [0.5, 0.6) is 17.2 Å². The van der Waals surface area contributed by atoms with Gasteiger partial charge < -0.3 is 25.3 Å². The SMILES string of the molecule is COc1ccc(-c2ccc(CN=C(N)Nc3ccc(OC)c(OC)c3)s2)cc1.I. The van der Waals surface area contributed by atoms with Crippen LogP contribution >= 0.6 is 35.3 Å². The highest BCUT2D eigenvalue weighted by atomic mass is 127. The lowest BCUT2D eigenvalue weighted by Gasteiger charge is -2.10. The lowest BCUT2D eigenvalue weighted by atomic mass is 10.2. The summed E-state index contributed by atoms with van der Waals surface area (Å²) in [5.74, 6) is 2.47. The van der Waals surface area contributed by atoms with Crippen LogP contribution in [0, 0.1) is 0 Å². The second kappa shape index (κ2) is 10.9. The summed E-state index contributed by atoms with van der Waals surface area (Å²) in [6, 6.07) is 17.7. The van der Waals surface area contributed by atoms with Crippen molar-refractivity contribution in [1.29, 1.82) is 0 Å². The number of hydrogen-bond acceptors (Lipinski definition) is 5. The smallest absolute Gasteiger partial charge is 0.193 e. The Morgan fingerprint density at radius 2 is 1.66 bits per heavy atom. The monoisotopic (exact) mass is 525 g/mol. The number of aliphatic imine (C=N–C) groups is 1. The minimum Gasteiger partial charge on any atom is -0.497 e. The van der Waals surface area contributed by atoms with E-state index in [1.165, 1.54) is 4.88 Å². The highest BCUT2D eigenvalue weighted by molar-refractivity contribution is 14.0. The van der Waals surface area contributed by atoms with Crippen LogP contribution in [0.2, 0.25) is 0 Å². The minimum absolute atomic E-state index is 0. The van der Waals surface area contributed by atoms with Crippen LogP contribution < -0.4 is 25.3 Å². The Bertz CT molecular complexity index is 958. The molecule has 8 heteroatoms. The number of guanidine groups is 1. The maximum absolute atomic E-state index is 6.02. The van der Waals surface area contributed by atoms with E-state index in [0.29, 0.717) is 24.0 Å². The molecule has 0 aliphatic heterocycles. The molecule has 3 N–H and O–H groups in total. The van der Waals surface area contributed by atoms with Gasteiger partial charge in [-0.05, 0) is 54.1 Å². The molecule has 0 aliphatic rings. The number of thiophene rings is 1. The van der Waals surface area contributed by atoms with Crippen molar-refractivity contribution in [2.75, 3.05) is 26.6 Å². The highest BCUT2D eigenvalue weighted by Crippen LogP contribution is 2.31. The summed E-state index contributed by atoms with van der Waals surface area (Å²) >= 11 is 1.69. The number of ether oxygens (including phenoxy) is 3. The first kappa shape index (κ1) is 22.8. The Kier molecular flexibility index (Phi) is 8.59. The predicted octanol–water partition coefficient (Wildman–Crippen LogP) is 4.99. The molecule has 29 heavy (non-hydrogen) atoms. The third-order valence-electron chi connectivity index (χ3n) is 4.10. The number of methoxy groups -OCH3 is 3. The number of hydrogen-bond donors (Lipinski definition) is 2. The lowest BCUT2D eigenvalue weighted by molar-refractivity contribution is 0.355. The molecular formula is C21H24IN3O3S. The van der Waals surface area contributed by atoms with E-state index in [0.717, 1.165) is 21.9 Å². The minimum atomic E-state index is 0. The van der Waals surface area contributed by atoms with Crippen LogP contribution in [0.3, 0.4) is 0 Å². The normalized spacial score (nSPS) is 10.8. The van der Waals surface area contributed by atoms with Gasteiger partial charge in [-0.1, -0.05) is 0 Å². The lowest BCUT2D eigenvalue weighted by Crippen LogP contribution is -2.22. The van der Waals surface area contributed by atoms with Gasteiger partial charge in [-0.15, -0.1) is 35.3 Å². The second-order valence-electron chi connectivity index (χ2n) is 5.89. The van der Waals surface area contributed by atoms with Crippen molar-refractivity contribution in [2.24, 2.45) is 10.7 Å². The number of benzene rings is 2. The number of nitrogens with one attached hydrogen (secondary N) is 1. The summed E-state index contributed by atoms with van der Waals surface area (Å²) in [5.41, 5.74) is 7.95. The number of rotatable bonds is 7. The summed E-state index contributed by atoms with van der Waals surface area (Å²) in [4.78, 5) is 6.73. The van der Waals surface area contributed by atoms with E-state index < -0.39 is 0 Å². The van der Waals surface area contributed by atoms with Crippen LogP contribution in [0.1, 0.15) is 4.88 Å². The van der Waals surface area contributed by atoms with E-state index in [2.05, 4.69) is 22.4 Å². The van der Waals surface area contributed by atoms with Gasteiger partial charge in [0.15, 0.2) is 17.5 Å². The van der Waals surface area contributed by atoms with Crippen LogP contribution in [0.25, 0.3) is 10.4 Å². The van der Waals surface area contributed by atoms with Crippen molar-refractivity contribution in [3.63, 3.8) is 0 Å². The Labute approximate surface area is 191 Å². The number of anilines is 1. The predicted molar refractivity (Wildman–Crippen MR) is 130 cm³/mol. The molecule has 0 aliphatic carbocycles. The van der Waals surface area contributed by atoms with Gasteiger partial charge in [0.25, 0.3) is 0 Å². The summed E-state index contributed by atoms with van der Waals surface area (Å²) in [5, 5.41) is 3.07. The van der Waals surface area contributed by atoms with E-state index >= 15 is 0 Å². The molecule has 0 bridgehead atoms. The number of nitrogens with zero attached hydrogens (tertiary/aromatic N) is 1. The van der Waals surface area contributed by atoms with Gasteiger partial charge in [0, 0.05) is 21.5 Å². The molecule has 0 radical (unpaired) electrons. The van der Waals surface area contributed by atoms with Crippen molar-refractivity contribution in [2.45, 2.75) is 6.54 Å². The molecule has 3 rings (SSSR count). The number of halogens is 1. The maximum atomic E-state index is 6.02. The van der Waals surface area contributed by atoms with E-state index in [4.69, 9.17) is 19.9 Å². The summed E-state index contributed by atoms with van der Waals surface area (Å²) < 4.78 is 15.7. The van der Waals surface area contributed by atoms with Crippen LogP contribution in [0.15, 0.2) is 59.6 Å². The van der Waals surface area contributed by atoms with E-state index in [1.807, 2.05) is 42.5 Å². The van der Waals surface area contributed by atoms with Gasteiger partial charge in [0.1, 0.15) is 5.75 Å². The van der Waals surface area contributed by atoms with Gasteiger partial charge in [-0.2, -0.15) is 0 Å². The molecule has 1 aromatic heterocycles. The standard InChI is InChI=1S/C21H23N3O3S.HI/c1-25-16-7-4-14(5-8-16)20-11-9-17(28-20)13-23-21(22)24-15-6-10-18(26-2)19(12-15)27-3;/h4-12H,13H2,1-3H3,(H3,22,23,24);1H. The molecule has 154 valence electrons. The Hall–Kier alpha value is -2.46. The van der Waals surface area contributed by atoms with Gasteiger partial charge in [0.05, 0.1) is 27.9 Å². The Morgan fingerprint density at radius 1 is 0.931 bits per heavy atom. The van der Waals surface area contributed by atoms with Crippen molar-refractivity contribution in [3.05, 3.63) is 59.5 Å². The van der Waals surface area contributed by atoms with Crippen molar-refractivity contribution >= 4 is 47.0 Å². The van der Waals surface area contributed by atoms with E-state index in [-0.39, 0.29) is 24.0 Å². The topological polar surface area (TPSA) is 78.1 Å². The van der Waals surface area contributed by atoms with Gasteiger partial charge >= 0.3 is 0 Å². The molecule has 0 saturated heterocycles. The molecule has 1 heterocycles. The van der Waals surface area contributed by atoms with Crippen molar-refractivity contribution in [1.82, 2.24) is 0 Å². The molecule has 0 fully saturated rings. The molecule has 0 atom stereocenters. The van der Waals surface area contributed by atoms with Crippen molar-refractivity contribution < 1.29 is 14.2 Å². The summed E-state index contributed by atoms with van der Waals surface area (Å²) in [7, 11) is 4.86.